The SMILES string of the molecule is CCCNC(=O)C(CC)N(Cc1ccc(F)cc1)C(=O)CN(c1ccc(F)c(F)c1)S(C)(=O)=O. The highest BCUT2D eigenvalue weighted by atomic mass is 32.2. The molecule has 0 bridgehead atoms. The molecule has 7 nitrogen and oxygen atoms in total. The van der Waals surface area contributed by atoms with E-state index in [1.54, 1.807) is 6.92 Å². The molecule has 34 heavy (non-hydrogen) atoms. The summed E-state index contributed by atoms with van der Waals surface area (Å²) >= 11 is 0. The van der Waals surface area contributed by atoms with Crippen molar-refractivity contribution in [3.63, 3.8) is 0 Å². The van der Waals surface area contributed by atoms with Crippen molar-refractivity contribution in [3.05, 3.63) is 65.5 Å². The van der Waals surface area contributed by atoms with E-state index in [1.165, 1.54) is 29.2 Å². The van der Waals surface area contributed by atoms with Gasteiger partial charge >= 0.3 is 0 Å². The first-order valence-electron chi connectivity index (χ1n) is 10.7. The Morgan fingerprint density at radius 1 is 1.00 bits per heavy atom. The average Bonchev–Trinajstić information content (AvgIpc) is 2.78. The third-order valence-electron chi connectivity index (χ3n) is 5.07. The molecular weight excluding hydrogens is 471 g/mol. The van der Waals surface area contributed by atoms with Gasteiger partial charge < -0.3 is 10.2 Å². The quantitative estimate of drug-likeness (QED) is 0.515. The normalized spacial score (nSPS) is 12.2. The molecule has 0 aliphatic heterocycles. The van der Waals surface area contributed by atoms with Crippen molar-refractivity contribution in [3.8, 4) is 0 Å². The van der Waals surface area contributed by atoms with Crippen LogP contribution in [0.15, 0.2) is 42.5 Å². The third kappa shape index (κ3) is 7.21. The molecule has 186 valence electrons. The molecule has 0 saturated carbocycles. The molecule has 2 rings (SSSR count). The Labute approximate surface area is 197 Å². The van der Waals surface area contributed by atoms with Gasteiger partial charge in [0.15, 0.2) is 11.6 Å². The zero-order valence-corrected chi connectivity index (χ0v) is 20.0. The Hall–Kier alpha value is -3.08. The Morgan fingerprint density at radius 2 is 1.65 bits per heavy atom. The first-order valence-corrected chi connectivity index (χ1v) is 12.6. The number of rotatable bonds is 11. The zero-order chi connectivity index (χ0) is 25.5. The topological polar surface area (TPSA) is 86.8 Å². The molecule has 11 heteroatoms. The van der Waals surface area contributed by atoms with Crippen LogP contribution in [-0.2, 0) is 26.2 Å². The first-order chi connectivity index (χ1) is 16.0. The number of nitrogens with one attached hydrogen (secondary N) is 1. The smallest absolute Gasteiger partial charge is 0.244 e. The summed E-state index contributed by atoms with van der Waals surface area (Å²) in [6, 6.07) is 6.88. The second-order valence-corrected chi connectivity index (χ2v) is 9.64. The highest BCUT2D eigenvalue weighted by molar-refractivity contribution is 7.92. The van der Waals surface area contributed by atoms with E-state index in [9.17, 15) is 31.2 Å². The van der Waals surface area contributed by atoms with Crippen LogP contribution in [0.4, 0.5) is 18.9 Å². The fourth-order valence-corrected chi connectivity index (χ4v) is 4.17. The maximum Gasteiger partial charge on any atom is 0.244 e. The molecular formula is C23H28F3N3O4S. The first kappa shape index (κ1) is 27.2. The number of carbonyl (C=O) groups is 2. The molecule has 0 aromatic heterocycles. The van der Waals surface area contributed by atoms with Crippen LogP contribution in [0, 0.1) is 17.5 Å². The lowest BCUT2D eigenvalue weighted by molar-refractivity contribution is -0.140. The van der Waals surface area contributed by atoms with Crippen LogP contribution in [0.2, 0.25) is 0 Å². The summed E-state index contributed by atoms with van der Waals surface area (Å²) in [7, 11) is -4.07. The molecule has 0 saturated heterocycles. The van der Waals surface area contributed by atoms with E-state index in [4.69, 9.17) is 0 Å². The Morgan fingerprint density at radius 3 is 2.18 bits per heavy atom. The van der Waals surface area contributed by atoms with Gasteiger partial charge in [0.1, 0.15) is 18.4 Å². The number of hydrogen-bond acceptors (Lipinski definition) is 4. The van der Waals surface area contributed by atoms with E-state index in [2.05, 4.69) is 5.32 Å². The standard InChI is InChI=1S/C23H28F3N3O4S/c1-4-12-27-23(31)21(5-2)28(14-16-6-8-17(24)9-7-16)22(30)15-29(34(3,32)33)18-10-11-19(25)20(26)13-18/h6-11,13,21H,4-5,12,14-15H2,1-3H3,(H,27,31). The maximum absolute atomic E-state index is 13.8. The van der Waals surface area contributed by atoms with E-state index in [-0.39, 0.29) is 18.7 Å². The lowest BCUT2D eigenvalue weighted by Gasteiger charge is -2.32. The minimum absolute atomic E-state index is 0.0907. The van der Waals surface area contributed by atoms with E-state index < -0.39 is 51.9 Å². The van der Waals surface area contributed by atoms with Gasteiger partial charge in [0.2, 0.25) is 21.8 Å². The summed E-state index contributed by atoms with van der Waals surface area (Å²) in [6.45, 7) is 3.12. The lowest BCUT2D eigenvalue weighted by Crippen LogP contribution is -2.52. The van der Waals surface area contributed by atoms with E-state index in [0.29, 0.717) is 28.9 Å². The summed E-state index contributed by atoms with van der Waals surface area (Å²) in [6.07, 6.45) is 1.73. The van der Waals surface area contributed by atoms with Crippen molar-refractivity contribution in [2.75, 3.05) is 23.7 Å². The minimum Gasteiger partial charge on any atom is -0.354 e. The van der Waals surface area contributed by atoms with Crippen LogP contribution < -0.4 is 9.62 Å². The van der Waals surface area contributed by atoms with Crippen LogP contribution in [0.1, 0.15) is 32.3 Å². The summed E-state index contributed by atoms with van der Waals surface area (Å²) in [5.74, 6) is -4.07. The zero-order valence-electron chi connectivity index (χ0n) is 19.2. The van der Waals surface area contributed by atoms with Crippen molar-refractivity contribution in [2.45, 2.75) is 39.3 Å². The predicted octanol–water partition coefficient (Wildman–Crippen LogP) is 3.20. The fraction of sp³-hybridized carbons (Fsp3) is 0.391. The predicted molar refractivity (Wildman–Crippen MR) is 123 cm³/mol. The minimum atomic E-state index is -4.07. The number of sulfonamides is 1. The van der Waals surface area contributed by atoms with Gasteiger partial charge in [-0.05, 0) is 42.7 Å². The number of carbonyl (C=O) groups excluding carboxylic acids is 2. The van der Waals surface area contributed by atoms with Gasteiger partial charge in [0, 0.05) is 19.2 Å². The highest BCUT2D eigenvalue weighted by Crippen LogP contribution is 2.22. The van der Waals surface area contributed by atoms with Gasteiger partial charge in [-0.1, -0.05) is 26.0 Å². The van der Waals surface area contributed by atoms with Crippen LogP contribution in [-0.4, -0.2) is 50.5 Å². The number of hydrogen-bond donors (Lipinski definition) is 1. The molecule has 2 amide bonds. The molecule has 1 atom stereocenters. The molecule has 2 aromatic rings. The Balaban J connectivity index is 2.43. The van der Waals surface area contributed by atoms with Gasteiger partial charge in [-0.3, -0.25) is 13.9 Å². The number of benzene rings is 2. The number of anilines is 1. The van der Waals surface area contributed by atoms with Gasteiger partial charge in [-0.15, -0.1) is 0 Å². The maximum atomic E-state index is 13.8. The molecule has 0 fully saturated rings. The molecule has 0 spiro atoms. The lowest BCUT2D eigenvalue weighted by atomic mass is 10.1. The van der Waals surface area contributed by atoms with Crippen LogP contribution in [0.25, 0.3) is 0 Å². The van der Waals surface area contributed by atoms with E-state index in [0.717, 1.165) is 18.4 Å². The van der Waals surface area contributed by atoms with Crippen molar-refractivity contribution in [1.29, 1.82) is 0 Å². The second-order valence-electron chi connectivity index (χ2n) is 7.73. The van der Waals surface area contributed by atoms with Gasteiger partial charge in [0.25, 0.3) is 0 Å². The Kier molecular flexibility index (Phi) is 9.48. The summed E-state index contributed by atoms with van der Waals surface area (Å²) in [5.41, 5.74) is 0.287. The number of halogens is 3. The van der Waals surface area contributed by atoms with Crippen molar-refractivity contribution >= 4 is 27.5 Å². The summed E-state index contributed by atoms with van der Waals surface area (Å²) in [5, 5.41) is 2.73. The summed E-state index contributed by atoms with van der Waals surface area (Å²) in [4.78, 5) is 27.3. The van der Waals surface area contributed by atoms with E-state index >= 15 is 0 Å². The number of nitrogens with zero attached hydrogens (tertiary/aromatic N) is 2. The average molecular weight is 500 g/mol. The molecule has 0 aliphatic rings. The van der Waals surface area contributed by atoms with Crippen molar-refractivity contribution in [2.24, 2.45) is 0 Å². The molecule has 0 heterocycles. The molecule has 1 N–H and O–H groups in total. The van der Waals surface area contributed by atoms with E-state index in [1.807, 2.05) is 6.92 Å². The second kappa shape index (κ2) is 11.9. The van der Waals surface area contributed by atoms with Gasteiger partial charge in [-0.25, -0.2) is 21.6 Å². The van der Waals surface area contributed by atoms with Crippen LogP contribution in [0.3, 0.4) is 0 Å². The van der Waals surface area contributed by atoms with Crippen molar-refractivity contribution < 1.29 is 31.2 Å². The largest absolute Gasteiger partial charge is 0.354 e. The van der Waals surface area contributed by atoms with Gasteiger partial charge in [0.05, 0.1) is 11.9 Å². The number of amides is 2. The van der Waals surface area contributed by atoms with Crippen LogP contribution >= 0.6 is 0 Å². The van der Waals surface area contributed by atoms with Crippen LogP contribution in [0.5, 0.6) is 0 Å². The van der Waals surface area contributed by atoms with Crippen molar-refractivity contribution in [1.82, 2.24) is 10.2 Å². The fourth-order valence-electron chi connectivity index (χ4n) is 3.33. The Bertz CT molecular complexity index is 1110. The molecule has 0 radical (unpaired) electrons. The third-order valence-corrected chi connectivity index (χ3v) is 6.21. The van der Waals surface area contributed by atoms with Gasteiger partial charge in [-0.2, -0.15) is 0 Å². The molecule has 2 aromatic carbocycles. The molecule has 1 unspecified atom stereocenters. The molecule has 0 aliphatic carbocycles. The summed E-state index contributed by atoms with van der Waals surface area (Å²) < 4.78 is 66.0. The monoisotopic (exact) mass is 499 g/mol. The highest BCUT2D eigenvalue weighted by Gasteiger charge is 2.31.